The molecule has 2 aromatic rings. The summed E-state index contributed by atoms with van der Waals surface area (Å²) in [6, 6.07) is 8.64. The van der Waals surface area contributed by atoms with E-state index >= 15 is 0 Å². The largest absolute Gasteiger partial charge is 0.493 e. The maximum Gasteiger partial charge on any atom is 0.331 e. The quantitative estimate of drug-likeness (QED) is 0.527. The van der Waals surface area contributed by atoms with Crippen molar-refractivity contribution in [2.24, 2.45) is 0 Å². The third-order valence-corrected chi connectivity index (χ3v) is 3.69. The van der Waals surface area contributed by atoms with Crippen LogP contribution in [-0.2, 0) is 14.3 Å². The second-order valence-corrected chi connectivity index (χ2v) is 5.87. The van der Waals surface area contributed by atoms with Crippen LogP contribution in [0.15, 0.2) is 42.5 Å². The molecule has 1 N–H and O–H groups in total. The Morgan fingerprint density at radius 1 is 1.25 bits per heavy atom. The third-order valence-electron chi connectivity index (χ3n) is 3.41. The van der Waals surface area contributed by atoms with Crippen LogP contribution in [0.5, 0.6) is 11.5 Å². The number of methoxy groups -OCH3 is 1. The maximum absolute atomic E-state index is 13.1. The lowest BCUT2D eigenvalue weighted by atomic mass is 10.2. The van der Waals surface area contributed by atoms with Gasteiger partial charge in [-0.2, -0.15) is 0 Å². The second-order valence-electron chi connectivity index (χ2n) is 5.47. The highest BCUT2D eigenvalue weighted by atomic mass is 35.5. The molecule has 28 heavy (non-hydrogen) atoms. The minimum absolute atomic E-state index is 0.271. The summed E-state index contributed by atoms with van der Waals surface area (Å²) in [4.78, 5) is 23.5. The van der Waals surface area contributed by atoms with Crippen LogP contribution in [0.2, 0.25) is 5.02 Å². The van der Waals surface area contributed by atoms with Gasteiger partial charge in [0.2, 0.25) is 0 Å². The Morgan fingerprint density at radius 2 is 2.04 bits per heavy atom. The molecule has 6 nitrogen and oxygen atoms in total. The number of hydrogen-bond acceptors (Lipinski definition) is 5. The summed E-state index contributed by atoms with van der Waals surface area (Å²) in [5, 5.41) is 2.76. The number of amides is 1. The molecule has 0 aliphatic carbocycles. The highest BCUT2D eigenvalue weighted by Gasteiger charge is 2.11. The summed E-state index contributed by atoms with van der Waals surface area (Å²) in [6.07, 6.45) is 2.62. The number of benzene rings is 2. The smallest absolute Gasteiger partial charge is 0.331 e. The van der Waals surface area contributed by atoms with Gasteiger partial charge in [0.1, 0.15) is 5.82 Å². The summed E-state index contributed by atoms with van der Waals surface area (Å²) >= 11 is 6.16. The Kier molecular flexibility index (Phi) is 7.83. The fourth-order valence-electron chi connectivity index (χ4n) is 2.23. The first-order valence-corrected chi connectivity index (χ1v) is 8.71. The molecule has 0 aromatic heterocycles. The zero-order valence-corrected chi connectivity index (χ0v) is 16.1. The highest BCUT2D eigenvalue weighted by molar-refractivity contribution is 6.32. The van der Waals surface area contributed by atoms with Crippen LogP contribution in [0.4, 0.5) is 10.1 Å². The number of rotatable bonds is 8. The van der Waals surface area contributed by atoms with E-state index < -0.39 is 24.3 Å². The zero-order valence-electron chi connectivity index (χ0n) is 15.3. The van der Waals surface area contributed by atoms with Gasteiger partial charge < -0.3 is 19.5 Å². The Bertz CT molecular complexity index is 885. The minimum atomic E-state index is -0.724. The van der Waals surface area contributed by atoms with Gasteiger partial charge in [-0.1, -0.05) is 17.7 Å². The number of ether oxygens (including phenoxy) is 3. The van der Waals surface area contributed by atoms with Gasteiger partial charge in [-0.3, -0.25) is 4.79 Å². The Morgan fingerprint density at radius 3 is 2.71 bits per heavy atom. The van der Waals surface area contributed by atoms with Crippen molar-refractivity contribution in [3.8, 4) is 11.5 Å². The fourth-order valence-corrected chi connectivity index (χ4v) is 2.51. The van der Waals surface area contributed by atoms with Crippen molar-refractivity contribution < 1.29 is 28.2 Å². The van der Waals surface area contributed by atoms with E-state index in [1.54, 1.807) is 12.1 Å². The molecule has 0 fully saturated rings. The van der Waals surface area contributed by atoms with Crippen molar-refractivity contribution in [3.05, 3.63) is 58.9 Å². The van der Waals surface area contributed by atoms with Crippen molar-refractivity contribution in [3.63, 3.8) is 0 Å². The molecule has 0 spiro atoms. The van der Waals surface area contributed by atoms with E-state index in [2.05, 4.69) is 5.32 Å². The molecule has 148 valence electrons. The Labute approximate surface area is 166 Å². The van der Waals surface area contributed by atoms with Crippen molar-refractivity contribution in [1.29, 1.82) is 0 Å². The zero-order chi connectivity index (χ0) is 20.5. The fraction of sp³-hybridized carbons (Fsp3) is 0.200. The molecule has 0 unspecified atom stereocenters. The normalized spacial score (nSPS) is 10.6. The summed E-state index contributed by atoms with van der Waals surface area (Å²) in [6.45, 7) is 1.74. The first-order valence-electron chi connectivity index (χ1n) is 8.33. The molecule has 0 atom stereocenters. The van der Waals surface area contributed by atoms with E-state index in [0.29, 0.717) is 28.7 Å². The van der Waals surface area contributed by atoms with Crippen LogP contribution in [0.1, 0.15) is 12.5 Å². The molecule has 0 saturated heterocycles. The van der Waals surface area contributed by atoms with E-state index in [9.17, 15) is 14.0 Å². The van der Waals surface area contributed by atoms with Gasteiger partial charge in [0.05, 0.1) is 18.7 Å². The van der Waals surface area contributed by atoms with Crippen LogP contribution in [-0.4, -0.2) is 32.2 Å². The third kappa shape index (κ3) is 6.28. The monoisotopic (exact) mass is 407 g/mol. The summed E-state index contributed by atoms with van der Waals surface area (Å²) in [5.74, 6) is -0.948. The lowest BCUT2D eigenvalue weighted by molar-refractivity contribution is -0.142. The lowest BCUT2D eigenvalue weighted by Crippen LogP contribution is -2.20. The average molecular weight is 408 g/mol. The summed E-state index contributed by atoms with van der Waals surface area (Å²) in [5.41, 5.74) is 0.860. The van der Waals surface area contributed by atoms with E-state index in [4.69, 9.17) is 25.8 Å². The molecule has 1 amide bonds. The standard InChI is InChI=1S/C20H19ClFNO5/c1-3-27-20-16(21)9-13(10-17(20)26-2)7-8-19(25)28-12-18(24)23-15-6-4-5-14(22)11-15/h4-11H,3,12H2,1-2H3,(H,23,24)/b8-7+. The van der Waals surface area contributed by atoms with Gasteiger partial charge >= 0.3 is 5.97 Å². The SMILES string of the molecule is CCOc1c(Cl)cc(/C=C/C(=O)OCC(=O)Nc2cccc(F)c2)cc1OC. The van der Waals surface area contributed by atoms with Crippen LogP contribution >= 0.6 is 11.6 Å². The molecule has 2 rings (SSSR count). The Hall–Kier alpha value is -3.06. The molecule has 0 saturated carbocycles. The molecule has 8 heteroatoms. The van der Waals surface area contributed by atoms with E-state index in [-0.39, 0.29) is 5.69 Å². The first-order chi connectivity index (χ1) is 13.4. The predicted octanol–water partition coefficient (Wildman–Crippen LogP) is 4.08. The van der Waals surface area contributed by atoms with E-state index in [1.807, 2.05) is 6.92 Å². The number of halogens is 2. The van der Waals surface area contributed by atoms with Crippen LogP contribution in [0.25, 0.3) is 6.08 Å². The van der Waals surface area contributed by atoms with E-state index in [0.717, 1.165) is 12.1 Å². The van der Waals surface area contributed by atoms with Gasteiger partial charge in [0.25, 0.3) is 5.91 Å². The van der Waals surface area contributed by atoms with E-state index in [1.165, 1.54) is 31.4 Å². The van der Waals surface area contributed by atoms with Crippen LogP contribution in [0, 0.1) is 5.82 Å². The number of carbonyl (C=O) groups is 2. The molecule has 0 aliphatic rings. The number of anilines is 1. The van der Waals surface area contributed by atoms with Gasteiger partial charge in [0.15, 0.2) is 18.1 Å². The lowest BCUT2D eigenvalue weighted by Gasteiger charge is -2.11. The summed E-state index contributed by atoms with van der Waals surface area (Å²) < 4.78 is 28.6. The molecular weight excluding hydrogens is 389 g/mol. The topological polar surface area (TPSA) is 73.9 Å². The average Bonchev–Trinajstić information content (AvgIpc) is 2.66. The van der Waals surface area contributed by atoms with Gasteiger partial charge in [-0.25, -0.2) is 9.18 Å². The van der Waals surface area contributed by atoms with Gasteiger partial charge in [-0.15, -0.1) is 0 Å². The van der Waals surface area contributed by atoms with Crippen LogP contribution in [0.3, 0.4) is 0 Å². The molecule has 2 aromatic carbocycles. The Balaban J connectivity index is 1.92. The van der Waals surface area contributed by atoms with Crippen LogP contribution < -0.4 is 14.8 Å². The first kappa shape index (κ1) is 21.2. The minimum Gasteiger partial charge on any atom is -0.493 e. The molecule has 0 bridgehead atoms. The van der Waals surface area contributed by atoms with Crippen molar-refractivity contribution in [2.75, 3.05) is 25.6 Å². The predicted molar refractivity (Wildman–Crippen MR) is 104 cm³/mol. The molecular formula is C20H19ClFNO5. The number of carbonyl (C=O) groups excluding carboxylic acids is 2. The summed E-state index contributed by atoms with van der Waals surface area (Å²) in [7, 11) is 1.48. The van der Waals surface area contributed by atoms with Gasteiger partial charge in [0, 0.05) is 11.8 Å². The molecule has 0 radical (unpaired) electrons. The van der Waals surface area contributed by atoms with Crippen molar-refractivity contribution in [2.45, 2.75) is 6.92 Å². The second kappa shape index (κ2) is 10.3. The van der Waals surface area contributed by atoms with Crippen molar-refractivity contribution in [1.82, 2.24) is 0 Å². The molecule has 0 heterocycles. The van der Waals surface area contributed by atoms with Gasteiger partial charge in [-0.05, 0) is 48.9 Å². The van der Waals surface area contributed by atoms with Crippen molar-refractivity contribution >= 4 is 35.2 Å². The number of hydrogen-bond donors (Lipinski definition) is 1. The molecule has 0 aliphatic heterocycles. The number of esters is 1. The highest BCUT2D eigenvalue weighted by Crippen LogP contribution is 2.36. The maximum atomic E-state index is 13.1. The number of nitrogens with one attached hydrogen (secondary N) is 1.